The molecule has 2 aromatic rings. The highest BCUT2D eigenvalue weighted by Crippen LogP contribution is 2.25. The Balaban J connectivity index is 2.13. The molecular formula is C13H10BrClFNO. The highest BCUT2D eigenvalue weighted by Gasteiger charge is 2.06. The standard InChI is InChI=1S/C13H10BrClFNO/c14-9-2-4-12(16)13(5-9)18-7-8-1-3-10(17)6-11(8)15/h1-6H,7,17H2. The van der Waals surface area contributed by atoms with Crippen LogP contribution in [0.25, 0.3) is 0 Å². The van der Waals surface area contributed by atoms with Crippen molar-refractivity contribution >= 4 is 33.2 Å². The maximum Gasteiger partial charge on any atom is 0.165 e. The Hall–Kier alpha value is -1.26. The molecule has 2 rings (SSSR count). The Labute approximate surface area is 118 Å². The first-order valence-electron chi connectivity index (χ1n) is 5.18. The van der Waals surface area contributed by atoms with Gasteiger partial charge in [-0.05, 0) is 30.3 Å². The molecule has 0 aromatic heterocycles. The molecule has 2 aromatic carbocycles. The first kappa shape index (κ1) is 13.2. The van der Waals surface area contributed by atoms with Crippen molar-refractivity contribution in [2.24, 2.45) is 0 Å². The number of nitrogens with two attached hydrogens (primary N) is 1. The van der Waals surface area contributed by atoms with E-state index in [9.17, 15) is 4.39 Å². The van der Waals surface area contributed by atoms with Gasteiger partial charge in [0.2, 0.25) is 0 Å². The van der Waals surface area contributed by atoms with Crippen LogP contribution in [-0.2, 0) is 6.61 Å². The zero-order valence-corrected chi connectivity index (χ0v) is 11.6. The lowest BCUT2D eigenvalue weighted by atomic mass is 10.2. The van der Waals surface area contributed by atoms with E-state index in [1.54, 1.807) is 30.3 Å². The molecule has 2 N–H and O–H groups in total. The average Bonchev–Trinajstić information content (AvgIpc) is 2.32. The molecule has 0 aliphatic heterocycles. The van der Waals surface area contributed by atoms with Gasteiger partial charge in [-0.3, -0.25) is 0 Å². The van der Waals surface area contributed by atoms with Crippen LogP contribution in [0.2, 0.25) is 5.02 Å². The molecule has 5 heteroatoms. The summed E-state index contributed by atoms with van der Waals surface area (Å²) in [6.07, 6.45) is 0. The van der Waals surface area contributed by atoms with Crippen LogP contribution in [0.3, 0.4) is 0 Å². The van der Waals surface area contributed by atoms with Gasteiger partial charge in [-0.2, -0.15) is 0 Å². The fourth-order valence-electron chi connectivity index (χ4n) is 1.42. The fraction of sp³-hybridized carbons (Fsp3) is 0.0769. The molecule has 94 valence electrons. The van der Waals surface area contributed by atoms with Crippen molar-refractivity contribution in [2.75, 3.05) is 5.73 Å². The number of hydrogen-bond donors (Lipinski definition) is 1. The van der Waals surface area contributed by atoms with Crippen molar-refractivity contribution in [1.82, 2.24) is 0 Å². The number of rotatable bonds is 3. The summed E-state index contributed by atoms with van der Waals surface area (Å²) in [6, 6.07) is 9.63. The Kier molecular flexibility index (Phi) is 4.09. The van der Waals surface area contributed by atoms with Gasteiger partial charge in [-0.15, -0.1) is 0 Å². The molecule has 18 heavy (non-hydrogen) atoms. The number of ether oxygens (including phenoxy) is 1. The van der Waals surface area contributed by atoms with E-state index in [1.165, 1.54) is 6.07 Å². The van der Waals surface area contributed by atoms with Crippen LogP contribution in [-0.4, -0.2) is 0 Å². The minimum atomic E-state index is -0.412. The first-order valence-corrected chi connectivity index (χ1v) is 6.35. The highest BCUT2D eigenvalue weighted by atomic mass is 79.9. The molecule has 0 atom stereocenters. The second-order valence-electron chi connectivity index (χ2n) is 3.71. The maximum atomic E-state index is 13.4. The molecule has 0 aliphatic carbocycles. The van der Waals surface area contributed by atoms with Crippen molar-refractivity contribution < 1.29 is 9.13 Å². The average molecular weight is 331 g/mol. The second-order valence-corrected chi connectivity index (χ2v) is 5.04. The maximum absolute atomic E-state index is 13.4. The van der Waals surface area contributed by atoms with E-state index >= 15 is 0 Å². The van der Waals surface area contributed by atoms with Gasteiger partial charge in [0.05, 0.1) is 0 Å². The van der Waals surface area contributed by atoms with Crippen LogP contribution in [0.5, 0.6) is 5.75 Å². The molecule has 0 unspecified atom stereocenters. The minimum Gasteiger partial charge on any atom is -0.486 e. The quantitative estimate of drug-likeness (QED) is 0.846. The molecular weight excluding hydrogens is 321 g/mol. The van der Waals surface area contributed by atoms with Crippen LogP contribution in [0.15, 0.2) is 40.9 Å². The van der Waals surface area contributed by atoms with E-state index in [0.717, 1.165) is 10.0 Å². The zero-order valence-electron chi connectivity index (χ0n) is 9.29. The molecule has 0 heterocycles. The summed E-state index contributed by atoms with van der Waals surface area (Å²) >= 11 is 9.26. The summed E-state index contributed by atoms with van der Waals surface area (Å²) in [7, 11) is 0. The van der Waals surface area contributed by atoms with Crippen molar-refractivity contribution in [2.45, 2.75) is 6.61 Å². The number of hydrogen-bond acceptors (Lipinski definition) is 2. The topological polar surface area (TPSA) is 35.2 Å². The first-order chi connectivity index (χ1) is 8.56. The molecule has 0 amide bonds. The summed E-state index contributed by atoms with van der Waals surface area (Å²) in [4.78, 5) is 0. The van der Waals surface area contributed by atoms with Crippen molar-refractivity contribution in [3.63, 3.8) is 0 Å². The number of nitrogen functional groups attached to an aromatic ring is 1. The Bertz CT molecular complexity index is 577. The predicted molar refractivity (Wildman–Crippen MR) is 74.3 cm³/mol. The van der Waals surface area contributed by atoms with Gasteiger partial charge in [0.1, 0.15) is 6.61 Å². The Morgan fingerprint density at radius 1 is 1.22 bits per heavy atom. The van der Waals surface area contributed by atoms with Gasteiger partial charge >= 0.3 is 0 Å². The van der Waals surface area contributed by atoms with Gasteiger partial charge in [-0.1, -0.05) is 33.6 Å². The van der Waals surface area contributed by atoms with E-state index in [2.05, 4.69) is 15.9 Å². The largest absolute Gasteiger partial charge is 0.486 e. The van der Waals surface area contributed by atoms with Crippen molar-refractivity contribution in [3.05, 3.63) is 57.3 Å². The summed E-state index contributed by atoms with van der Waals surface area (Å²) < 4.78 is 19.6. The van der Waals surface area contributed by atoms with E-state index < -0.39 is 5.82 Å². The molecule has 0 saturated heterocycles. The van der Waals surface area contributed by atoms with E-state index in [1.807, 2.05) is 0 Å². The third-order valence-electron chi connectivity index (χ3n) is 2.35. The lowest BCUT2D eigenvalue weighted by Crippen LogP contribution is -1.99. The van der Waals surface area contributed by atoms with Gasteiger partial charge in [0, 0.05) is 20.7 Å². The second kappa shape index (κ2) is 5.59. The number of anilines is 1. The van der Waals surface area contributed by atoms with Crippen molar-refractivity contribution in [3.8, 4) is 5.75 Å². The summed E-state index contributed by atoms with van der Waals surface area (Å²) in [5.74, 6) is -0.234. The molecule has 0 saturated carbocycles. The van der Waals surface area contributed by atoms with Gasteiger partial charge in [0.15, 0.2) is 11.6 Å². The predicted octanol–water partition coefficient (Wildman–Crippen LogP) is 4.40. The summed E-state index contributed by atoms with van der Waals surface area (Å²) in [5.41, 5.74) is 6.92. The molecule has 2 nitrogen and oxygen atoms in total. The molecule has 0 spiro atoms. The highest BCUT2D eigenvalue weighted by molar-refractivity contribution is 9.10. The molecule has 0 bridgehead atoms. The Morgan fingerprint density at radius 2 is 2.00 bits per heavy atom. The molecule has 0 aliphatic rings. The lowest BCUT2D eigenvalue weighted by Gasteiger charge is -2.09. The lowest BCUT2D eigenvalue weighted by molar-refractivity contribution is 0.290. The van der Waals surface area contributed by atoms with Gasteiger partial charge in [0.25, 0.3) is 0 Å². The minimum absolute atomic E-state index is 0.178. The summed E-state index contributed by atoms with van der Waals surface area (Å²) in [6.45, 7) is 0.187. The smallest absolute Gasteiger partial charge is 0.165 e. The van der Waals surface area contributed by atoms with Crippen LogP contribution in [0.4, 0.5) is 10.1 Å². The number of halogens is 3. The SMILES string of the molecule is Nc1ccc(COc2cc(Br)ccc2F)c(Cl)c1. The van der Waals surface area contributed by atoms with Crippen molar-refractivity contribution in [1.29, 1.82) is 0 Å². The van der Waals surface area contributed by atoms with Crippen LogP contribution < -0.4 is 10.5 Å². The fourth-order valence-corrected chi connectivity index (χ4v) is 2.01. The van der Waals surface area contributed by atoms with E-state index in [4.69, 9.17) is 22.1 Å². The van der Waals surface area contributed by atoms with Crippen LogP contribution in [0, 0.1) is 5.82 Å². The normalized spacial score (nSPS) is 10.4. The zero-order chi connectivity index (χ0) is 13.1. The molecule has 0 fully saturated rings. The van der Waals surface area contributed by atoms with E-state index in [0.29, 0.717) is 10.7 Å². The van der Waals surface area contributed by atoms with Gasteiger partial charge < -0.3 is 10.5 Å². The number of benzene rings is 2. The van der Waals surface area contributed by atoms with Crippen LogP contribution >= 0.6 is 27.5 Å². The Morgan fingerprint density at radius 3 is 2.72 bits per heavy atom. The van der Waals surface area contributed by atoms with E-state index in [-0.39, 0.29) is 12.4 Å². The third kappa shape index (κ3) is 3.15. The monoisotopic (exact) mass is 329 g/mol. The molecule has 0 radical (unpaired) electrons. The van der Waals surface area contributed by atoms with Crippen LogP contribution in [0.1, 0.15) is 5.56 Å². The van der Waals surface area contributed by atoms with Gasteiger partial charge in [-0.25, -0.2) is 4.39 Å². The third-order valence-corrected chi connectivity index (χ3v) is 3.20. The summed E-state index contributed by atoms with van der Waals surface area (Å²) in [5, 5.41) is 0.505.